The number of phenols is 1. The quantitative estimate of drug-likeness (QED) is 0.614. The van der Waals surface area contributed by atoms with Gasteiger partial charge in [-0.15, -0.1) is 38.0 Å². The molecule has 2 aromatic rings. The Hall–Kier alpha value is -1.45. The number of phenolic OH excluding ortho intramolecular Hbond substituents is 1. The standard InChI is InChI=1S/C18H17ClF4N2O2.2ClH/c19-12-9-14(17(26)15(20)10-12)16(25-7-5-24-6-8-25)11-1-3-13(4-2-11)27-18(21,22)23;;/h1-4,9-10,16,24,26H,5-8H2;2*1H/t16-;;/m0../s1. The Morgan fingerprint density at radius 2 is 1.66 bits per heavy atom. The molecule has 1 aliphatic heterocycles. The van der Waals surface area contributed by atoms with Gasteiger partial charge in [0.2, 0.25) is 0 Å². The van der Waals surface area contributed by atoms with Crippen molar-refractivity contribution in [3.63, 3.8) is 0 Å². The normalized spacial score (nSPS) is 15.8. The molecule has 0 unspecified atom stereocenters. The van der Waals surface area contributed by atoms with Crippen LogP contribution in [0.15, 0.2) is 36.4 Å². The number of hydrogen-bond acceptors (Lipinski definition) is 4. The van der Waals surface area contributed by atoms with Crippen molar-refractivity contribution in [1.29, 1.82) is 0 Å². The van der Waals surface area contributed by atoms with Gasteiger partial charge in [-0.1, -0.05) is 23.7 Å². The van der Waals surface area contributed by atoms with E-state index in [9.17, 15) is 22.7 Å². The molecular weight excluding hydrogens is 459 g/mol. The van der Waals surface area contributed by atoms with Crippen LogP contribution in [0.5, 0.6) is 11.5 Å². The molecule has 0 radical (unpaired) electrons. The topological polar surface area (TPSA) is 44.7 Å². The second kappa shape index (κ2) is 10.5. The number of hydrogen-bond donors (Lipinski definition) is 2. The lowest BCUT2D eigenvalue weighted by molar-refractivity contribution is -0.274. The van der Waals surface area contributed by atoms with Gasteiger partial charge in [0.25, 0.3) is 0 Å². The molecule has 1 saturated heterocycles. The Labute approximate surface area is 182 Å². The van der Waals surface area contributed by atoms with Gasteiger partial charge in [-0.2, -0.15) is 0 Å². The van der Waals surface area contributed by atoms with Crippen molar-refractivity contribution in [2.75, 3.05) is 26.2 Å². The van der Waals surface area contributed by atoms with E-state index >= 15 is 0 Å². The molecule has 0 saturated carbocycles. The summed E-state index contributed by atoms with van der Waals surface area (Å²) in [6, 6.07) is 7.21. The van der Waals surface area contributed by atoms with E-state index in [0.717, 1.165) is 6.07 Å². The molecule has 2 N–H and O–H groups in total. The summed E-state index contributed by atoms with van der Waals surface area (Å²) in [5.41, 5.74) is 0.842. The van der Waals surface area contributed by atoms with Crippen molar-refractivity contribution in [2.24, 2.45) is 0 Å². The first-order valence-electron chi connectivity index (χ1n) is 8.23. The van der Waals surface area contributed by atoms with Gasteiger partial charge in [0.05, 0.1) is 6.04 Å². The minimum atomic E-state index is -4.78. The van der Waals surface area contributed by atoms with Crippen LogP contribution in [0.3, 0.4) is 0 Å². The van der Waals surface area contributed by atoms with E-state index in [1.54, 1.807) is 0 Å². The summed E-state index contributed by atoms with van der Waals surface area (Å²) in [6.07, 6.45) is -4.78. The first-order valence-corrected chi connectivity index (χ1v) is 8.61. The Bertz CT molecular complexity index is 801. The predicted molar refractivity (Wildman–Crippen MR) is 107 cm³/mol. The lowest BCUT2D eigenvalue weighted by Crippen LogP contribution is -2.45. The number of ether oxygens (including phenoxy) is 1. The van der Waals surface area contributed by atoms with E-state index < -0.39 is 24.0 Å². The lowest BCUT2D eigenvalue weighted by atomic mass is 9.95. The number of nitrogens with zero attached hydrogens (tertiary/aromatic N) is 1. The van der Waals surface area contributed by atoms with Crippen LogP contribution in [0.1, 0.15) is 17.2 Å². The SMILES string of the molecule is Cl.Cl.Oc1c(F)cc(Cl)cc1[C@H](c1ccc(OC(F)(F)F)cc1)N1CCNCC1. The molecule has 0 aliphatic carbocycles. The van der Waals surface area contributed by atoms with Crippen LogP contribution in [0.4, 0.5) is 17.6 Å². The zero-order chi connectivity index (χ0) is 19.6. The van der Waals surface area contributed by atoms with Gasteiger partial charge in [-0.25, -0.2) is 4.39 Å². The van der Waals surface area contributed by atoms with Crippen LogP contribution in [0, 0.1) is 5.82 Å². The Morgan fingerprint density at radius 3 is 2.21 bits per heavy atom. The highest BCUT2D eigenvalue weighted by Crippen LogP contribution is 2.38. The summed E-state index contributed by atoms with van der Waals surface area (Å²) in [5.74, 6) is -1.74. The zero-order valence-electron chi connectivity index (χ0n) is 14.9. The van der Waals surface area contributed by atoms with Gasteiger partial charge in [0.15, 0.2) is 11.6 Å². The average molecular weight is 478 g/mol. The van der Waals surface area contributed by atoms with Crippen molar-refractivity contribution in [1.82, 2.24) is 10.2 Å². The minimum absolute atomic E-state index is 0. The molecule has 1 fully saturated rings. The summed E-state index contributed by atoms with van der Waals surface area (Å²) in [7, 11) is 0. The smallest absolute Gasteiger partial charge is 0.505 e. The Balaban J connectivity index is 0.00000210. The van der Waals surface area contributed by atoms with Crippen LogP contribution in [0.25, 0.3) is 0 Å². The van der Waals surface area contributed by atoms with Crippen LogP contribution in [-0.4, -0.2) is 42.5 Å². The number of benzene rings is 2. The molecule has 0 spiro atoms. The first kappa shape index (κ1) is 25.6. The average Bonchev–Trinajstić information content (AvgIpc) is 2.60. The zero-order valence-corrected chi connectivity index (χ0v) is 17.3. The summed E-state index contributed by atoms with van der Waals surface area (Å²) < 4.78 is 55.0. The third kappa shape index (κ3) is 6.52. The maximum absolute atomic E-state index is 14.0. The highest BCUT2D eigenvalue weighted by atomic mass is 35.5. The largest absolute Gasteiger partial charge is 0.573 e. The molecular formula is C18H19Cl3F4N2O2. The van der Waals surface area contributed by atoms with Gasteiger partial charge in [0.1, 0.15) is 5.75 Å². The number of piperazine rings is 1. The van der Waals surface area contributed by atoms with Gasteiger partial charge in [-0.3, -0.25) is 4.90 Å². The molecule has 11 heteroatoms. The highest BCUT2D eigenvalue weighted by Gasteiger charge is 2.32. The van der Waals surface area contributed by atoms with Crippen LogP contribution < -0.4 is 10.1 Å². The third-order valence-corrected chi connectivity index (χ3v) is 4.52. The van der Waals surface area contributed by atoms with Crippen molar-refractivity contribution in [3.05, 3.63) is 58.4 Å². The first-order chi connectivity index (χ1) is 12.7. The van der Waals surface area contributed by atoms with Crippen molar-refractivity contribution in [3.8, 4) is 11.5 Å². The van der Waals surface area contributed by atoms with Crippen LogP contribution in [-0.2, 0) is 0 Å². The second-order valence-corrected chi connectivity index (χ2v) is 6.57. The molecule has 2 aromatic carbocycles. The number of rotatable bonds is 4. The molecule has 1 atom stereocenters. The van der Waals surface area contributed by atoms with Gasteiger partial charge < -0.3 is 15.2 Å². The van der Waals surface area contributed by atoms with E-state index in [1.807, 2.05) is 4.90 Å². The molecule has 0 amide bonds. The van der Waals surface area contributed by atoms with Crippen molar-refractivity contribution >= 4 is 36.4 Å². The second-order valence-electron chi connectivity index (χ2n) is 6.13. The summed E-state index contributed by atoms with van der Waals surface area (Å²) >= 11 is 5.96. The fourth-order valence-corrected chi connectivity index (χ4v) is 3.39. The highest BCUT2D eigenvalue weighted by molar-refractivity contribution is 6.30. The molecule has 3 rings (SSSR count). The lowest BCUT2D eigenvalue weighted by Gasteiger charge is -2.36. The molecule has 162 valence electrons. The monoisotopic (exact) mass is 476 g/mol. The predicted octanol–water partition coefficient (Wildman–Crippen LogP) is 4.92. The summed E-state index contributed by atoms with van der Waals surface area (Å²) in [6.45, 7) is 2.60. The van der Waals surface area contributed by atoms with E-state index in [0.29, 0.717) is 31.7 Å². The summed E-state index contributed by atoms with van der Waals surface area (Å²) in [5, 5.41) is 13.6. The minimum Gasteiger partial charge on any atom is -0.505 e. The maximum atomic E-state index is 14.0. The Kier molecular flexibility index (Phi) is 9.30. The van der Waals surface area contributed by atoms with E-state index in [4.69, 9.17) is 11.6 Å². The van der Waals surface area contributed by atoms with Crippen LogP contribution in [0.2, 0.25) is 5.02 Å². The molecule has 4 nitrogen and oxygen atoms in total. The van der Waals surface area contributed by atoms with E-state index in [1.165, 1.54) is 30.3 Å². The number of alkyl halides is 3. The van der Waals surface area contributed by atoms with Crippen LogP contribution >= 0.6 is 36.4 Å². The van der Waals surface area contributed by atoms with Gasteiger partial charge >= 0.3 is 6.36 Å². The van der Waals surface area contributed by atoms with Crippen molar-refractivity contribution in [2.45, 2.75) is 12.4 Å². The van der Waals surface area contributed by atoms with Gasteiger partial charge in [-0.05, 0) is 29.8 Å². The maximum Gasteiger partial charge on any atom is 0.573 e. The fraction of sp³-hybridized carbons (Fsp3) is 0.333. The molecule has 1 aliphatic rings. The number of halogens is 7. The number of nitrogens with one attached hydrogen (secondary N) is 1. The molecule has 29 heavy (non-hydrogen) atoms. The molecule has 0 bridgehead atoms. The van der Waals surface area contributed by atoms with Crippen molar-refractivity contribution < 1.29 is 27.4 Å². The fourth-order valence-electron chi connectivity index (χ4n) is 3.17. The van der Waals surface area contributed by atoms with E-state index in [2.05, 4.69) is 10.1 Å². The number of aromatic hydroxyl groups is 1. The molecule has 0 aromatic heterocycles. The Morgan fingerprint density at radius 1 is 1.07 bits per heavy atom. The van der Waals surface area contributed by atoms with Gasteiger partial charge in [0, 0.05) is 36.8 Å². The summed E-state index contributed by atoms with van der Waals surface area (Å²) in [4.78, 5) is 2.00. The third-order valence-electron chi connectivity index (χ3n) is 4.30. The van der Waals surface area contributed by atoms with E-state index in [-0.39, 0.29) is 41.1 Å². The molecule has 1 heterocycles.